The molecule has 0 bridgehead atoms. The number of para-hydroxylation sites is 1. The van der Waals surface area contributed by atoms with Gasteiger partial charge in [0.1, 0.15) is 0 Å². The molecule has 1 aromatic heterocycles. The smallest absolute Gasteiger partial charge is 0.0705 e. The summed E-state index contributed by atoms with van der Waals surface area (Å²) in [6.07, 6.45) is 0. The minimum absolute atomic E-state index is 0.948. The number of fused-ring (bicyclic) bond motifs is 1. The van der Waals surface area contributed by atoms with E-state index in [-0.39, 0.29) is 0 Å². The Morgan fingerprint density at radius 1 is 1.20 bits per heavy atom. The Bertz CT molecular complexity index is 475. The van der Waals surface area contributed by atoms with Gasteiger partial charge in [-0.15, -0.1) is 0 Å². The van der Waals surface area contributed by atoms with Gasteiger partial charge in [-0.2, -0.15) is 0 Å². The average Bonchev–Trinajstić information content (AvgIpc) is 2.18. The van der Waals surface area contributed by atoms with E-state index in [4.69, 9.17) is 0 Å². The summed E-state index contributed by atoms with van der Waals surface area (Å²) >= 11 is 0. The fraction of sp³-hybridized carbons (Fsp3) is 0.308. The minimum Gasteiger partial charge on any atom is -0.305 e. The van der Waals surface area contributed by atoms with Gasteiger partial charge in [0.25, 0.3) is 0 Å². The zero-order valence-corrected chi connectivity index (χ0v) is 9.49. The number of rotatable bonds is 2. The lowest BCUT2D eigenvalue weighted by molar-refractivity contribution is 0.401. The van der Waals surface area contributed by atoms with Gasteiger partial charge in [0.2, 0.25) is 0 Å². The van der Waals surface area contributed by atoms with Crippen LogP contribution in [-0.2, 0) is 6.54 Å². The van der Waals surface area contributed by atoms with Crippen molar-refractivity contribution in [2.45, 2.75) is 13.5 Å². The van der Waals surface area contributed by atoms with E-state index in [0.29, 0.717) is 0 Å². The lowest BCUT2D eigenvalue weighted by Crippen LogP contribution is -2.12. The fourth-order valence-corrected chi connectivity index (χ4v) is 1.76. The Hall–Kier alpha value is -1.41. The molecule has 78 valence electrons. The lowest BCUT2D eigenvalue weighted by atomic mass is 10.1. The van der Waals surface area contributed by atoms with Gasteiger partial charge in [-0.05, 0) is 38.7 Å². The second-order valence-corrected chi connectivity index (χ2v) is 4.16. The number of aromatic nitrogens is 1. The molecule has 15 heavy (non-hydrogen) atoms. The van der Waals surface area contributed by atoms with Crippen LogP contribution in [0.15, 0.2) is 30.3 Å². The van der Waals surface area contributed by atoms with Crippen LogP contribution >= 0.6 is 0 Å². The van der Waals surface area contributed by atoms with Crippen molar-refractivity contribution in [3.63, 3.8) is 0 Å². The van der Waals surface area contributed by atoms with Gasteiger partial charge >= 0.3 is 0 Å². The summed E-state index contributed by atoms with van der Waals surface area (Å²) in [4.78, 5) is 6.77. The number of aryl methyl sites for hydroxylation is 1. The number of benzene rings is 1. The molecule has 0 unspecified atom stereocenters. The highest BCUT2D eigenvalue weighted by molar-refractivity contribution is 5.79. The van der Waals surface area contributed by atoms with Crippen molar-refractivity contribution in [3.05, 3.63) is 41.6 Å². The Morgan fingerprint density at radius 2 is 1.93 bits per heavy atom. The third kappa shape index (κ3) is 2.16. The van der Waals surface area contributed by atoms with Crippen LogP contribution in [0.4, 0.5) is 0 Å². The van der Waals surface area contributed by atoms with E-state index in [0.717, 1.165) is 17.8 Å². The number of hydrogen-bond donors (Lipinski definition) is 0. The Kier molecular flexibility index (Phi) is 2.69. The van der Waals surface area contributed by atoms with Crippen molar-refractivity contribution in [1.29, 1.82) is 0 Å². The summed E-state index contributed by atoms with van der Waals surface area (Å²) in [7, 11) is 4.16. The SMILES string of the molecule is Cc1nc2ccccc2cc1CN(C)C. The molecule has 0 atom stereocenters. The van der Waals surface area contributed by atoms with Crippen LogP contribution in [0.5, 0.6) is 0 Å². The first-order valence-corrected chi connectivity index (χ1v) is 5.17. The highest BCUT2D eigenvalue weighted by atomic mass is 15.0. The third-order valence-electron chi connectivity index (χ3n) is 2.51. The highest BCUT2D eigenvalue weighted by Gasteiger charge is 2.03. The van der Waals surface area contributed by atoms with E-state index >= 15 is 0 Å². The maximum atomic E-state index is 4.60. The van der Waals surface area contributed by atoms with Crippen molar-refractivity contribution < 1.29 is 0 Å². The molecule has 1 heterocycles. The first-order valence-electron chi connectivity index (χ1n) is 5.17. The minimum atomic E-state index is 0.948. The Labute approximate surface area is 90.6 Å². The predicted octanol–water partition coefficient (Wildman–Crippen LogP) is 2.60. The zero-order valence-electron chi connectivity index (χ0n) is 9.49. The van der Waals surface area contributed by atoms with Gasteiger partial charge in [-0.3, -0.25) is 4.98 Å². The molecular weight excluding hydrogens is 184 g/mol. The summed E-state index contributed by atoms with van der Waals surface area (Å²) in [6, 6.07) is 10.5. The maximum Gasteiger partial charge on any atom is 0.0705 e. The molecule has 2 heteroatoms. The summed E-state index contributed by atoms with van der Waals surface area (Å²) < 4.78 is 0. The van der Waals surface area contributed by atoms with E-state index in [1.807, 2.05) is 6.07 Å². The van der Waals surface area contributed by atoms with E-state index < -0.39 is 0 Å². The van der Waals surface area contributed by atoms with Gasteiger partial charge in [-0.1, -0.05) is 18.2 Å². The fourth-order valence-electron chi connectivity index (χ4n) is 1.76. The van der Waals surface area contributed by atoms with Gasteiger partial charge < -0.3 is 4.90 Å². The lowest BCUT2D eigenvalue weighted by Gasteiger charge is -2.12. The van der Waals surface area contributed by atoms with Crippen LogP contribution in [0.3, 0.4) is 0 Å². The monoisotopic (exact) mass is 200 g/mol. The van der Waals surface area contributed by atoms with Crippen LogP contribution in [0.1, 0.15) is 11.3 Å². The van der Waals surface area contributed by atoms with Crippen LogP contribution in [0.25, 0.3) is 10.9 Å². The second-order valence-electron chi connectivity index (χ2n) is 4.16. The summed E-state index contributed by atoms with van der Waals surface area (Å²) in [6.45, 7) is 3.02. The van der Waals surface area contributed by atoms with Crippen LogP contribution in [0, 0.1) is 6.92 Å². The third-order valence-corrected chi connectivity index (χ3v) is 2.51. The molecule has 0 fully saturated rings. The molecule has 2 nitrogen and oxygen atoms in total. The summed E-state index contributed by atoms with van der Waals surface area (Å²) in [5.41, 5.74) is 3.51. The topological polar surface area (TPSA) is 16.1 Å². The molecule has 0 N–H and O–H groups in total. The highest BCUT2D eigenvalue weighted by Crippen LogP contribution is 2.16. The molecular formula is C13H16N2. The van der Waals surface area contributed by atoms with Crippen molar-refractivity contribution in [2.24, 2.45) is 0 Å². The number of nitrogens with zero attached hydrogens (tertiary/aromatic N) is 2. The molecule has 0 spiro atoms. The number of pyridine rings is 1. The van der Waals surface area contributed by atoms with Gasteiger partial charge in [0.15, 0.2) is 0 Å². The first kappa shape index (κ1) is 10.1. The maximum absolute atomic E-state index is 4.60. The van der Waals surface area contributed by atoms with Crippen LogP contribution < -0.4 is 0 Å². The summed E-state index contributed by atoms with van der Waals surface area (Å²) in [5, 5.41) is 1.22. The van der Waals surface area contributed by atoms with Gasteiger partial charge in [-0.25, -0.2) is 0 Å². The van der Waals surface area contributed by atoms with Gasteiger partial charge in [0, 0.05) is 17.6 Å². The van der Waals surface area contributed by atoms with Crippen molar-refractivity contribution in [2.75, 3.05) is 14.1 Å². The number of hydrogen-bond acceptors (Lipinski definition) is 2. The van der Waals surface area contributed by atoms with Crippen molar-refractivity contribution in [1.82, 2.24) is 9.88 Å². The van der Waals surface area contributed by atoms with E-state index in [1.165, 1.54) is 10.9 Å². The molecule has 1 aromatic carbocycles. The largest absolute Gasteiger partial charge is 0.305 e. The van der Waals surface area contributed by atoms with Crippen molar-refractivity contribution in [3.8, 4) is 0 Å². The average molecular weight is 200 g/mol. The predicted molar refractivity (Wildman–Crippen MR) is 63.9 cm³/mol. The molecule has 0 saturated carbocycles. The molecule has 0 saturated heterocycles. The molecule has 2 aromatic rings. The van der Waals surface area contributed by atoms with Crippen molar-refractivity contribution >= 4 is 10.9 Å². The van der Waals surface area contributed by atoms with E-state index in [2.05, 4.69) is 55.2 Å². The normalized spacial score (nSPS) is 11.2. The molecule has 0 aliphatic carbocycles. The molecule has 0 aliphatic rings. The van der Waals surface area contributed by atoms with Crippen LogP contribution in [-0.4, -0.2) is 24.0 Å². The first-order chi connectivity index (χ1) is 7.16. The van der Waals surface area contributed by atoms with Crippen LogP contribution in [0.2, 0.25) is 0 Å². The quantitative estimate of drug-likeness (QED) is 0.740. The Morgan fingerprint density at radius 3 is 2.67 bits per heavy atom. The molecule has 0 aliphatic heterocycles. The summed E-state index contributed by atoms with van der Waals surface area (Å²) in [5.74, 6) is 0. The van der Waals surface area contributed by atoms with E-state index in [9.17, 15) is 0 Å². The van der Waals surface area contributed by atoms with Gasteiger partial charge in [0.05, 0.1) is 5.52 Å². The Balaban J connectivity index is 2.52. The second kappa shape index (κ2) is 3.99. The van der Waals surface area contributed by atoms with E-state index in [1.54, 1.807) is 0 Å². The molecule has 0 amide bonds. The molecule has 0 radical (unpaired) electrons. The molecule has 2 rings (SSSR count). The zero-order chi connectivity index (χ0) is 10.8. The standard InChI is InChI=1S/C13H16N2/c1-10-12(9-15(2)3)8-11-6-4-5-7-13(11)14-10/h4-8H,9H2,1-3H3.